The maximum absolute atomic E-state index is 11.9. The van der Waals surface area contributed by atoms with Gasteiger partial charge in [0.05, 0.1) is 0 Å². The zero-order chi connectivity index (χ0) is 14.4. The Bertz CT molecular complexity index is 460. The number of carboxylic acids is 1. The molecule has 0 aliphatic rings. The Morgan fingerprint density at radius 1 is 1.47 bits per heavy atom. The number of pyridine rings is 1. The number of carboxylic acid groups (broad SMARTS) is 1. The number of nitrogens with zero attached hydrogens (tertiary/aromatic N) is 2. The van der Waals surface area contributed by atoms with E-state index in [0.717, 1.165) is 11.1 Å². The molecule has 104 valence electrons. The fourth-order valence-electron chi connectivity index (χ4n) is 1.61. The lowest BCUT2D eigenvalue weighted by atomic mass is 10.1. The van der Waals surface area contributed by atoms with E-state index in [1.54, 1.807) is 26.2 Å². The van der Waals surface area contributed by atoms with Crippen molar-refractivity contribution in [1.82, 2.24) is 15.2 Å². The summed E-state index contributed by atoms with van der Waals surface area (Å²) in [7, 11) is 0. The lowest BCUT2D eigenvalue weighted by molar-refractivity contribution is -0.138. The summed E-state index contributed by atoms with van der Waals surface area (Å²) in [6.45, 7) is 5.52. The van der Waals surface area contributed by atoms with Crippen LogP contribution < -0.4 is 5.32 Å². The summed E-state index contributed by atoms with van der Waals surface area (Å²) >= 11 is 0. The molecule has 19 heavy (non-hydrogen) atoms. The van der Waals surface area contributed by atoms with Gasteiger partial charge < -0.3 is 15.3 Å². The third-order valence-corrected chi connectivity index (χ3v) is 2.76. The summed E-state index contributed by atoms with van der Waals surface area (Å²) in [6.07, 6.45) is 3.38. The van der Waals surface area contributed by atoms with Crippen LogP contribution in [0.25, 0.3) is 0 Å². The van der Waals surface area contributed by atoms with Crippen LogP contribution in [0.1, 0.15) is 25.0 Å². The molecule has 0 spiro atoms. The van der Waals surface area contributed by atoms with Crippen LogP contribution in [0.2, 0.25) is 0 Å². The normalized spacial score (nSPS) is 10.3. The fraction of sp³-hybridized carbons (Fsp3) is 0.462. The van der Waals surface area contributed by atoms with E-state index in [4.69, 9.17) is 5.11 Å². The molecule has 1 aromatic rings. The van der Waals surface area contributed by atoms with Gasteiger partial charge in [-0.15, -0.1) is 0 Å². The third kappa shape index (κ3) is 4.57. The summed E-state index contributed by atoms with van der Waals surface area (Å²) in [6, 6.07) is 1.27. The van der Waals surface area contributed by atoms with E-state index in [0.29, 0.717) is 6.54 Å². The van der Waals surface area contributed by atoms with Crippen molar-refractivity contribution in [3.8, 4) is 0 Å². The first-order valence-corrected chi connectivity index (χ1v) is 6.07. The predicted molar refractivity (Wildman–Crippen MR) is 70.7 cm³/mol. The summed E-state index contributed by atoms with van der Waals surface area (Å²) in [4.78, 5) is 27.9. The smallest absolute Gasteiger partial charge is 0.323 e. The second-order valence-electron chi connectivity index (χ2n) is 4.58. The van der Waals surface area contributed by atoms with Crippen LogP contribution in [0.15, 0.2) is 18.5 Å². The molecule has 0 fully saturated rings. The van der Waals surface area contributed by atoms with Crippen LogP contribution in [0.5, 0.6) is 0 Å². The number of amides is 2. The molecule has 0 bridgehead atoms. The van der Waals surface area contributed by atoms with Gasteiger partial charge in [0.2, 0.25) is 0 Å². The molecular formula is C13H19N3O3. The molecule has 0 atom stereocenters. The van der Waals surface area contributed by atoms with E-state index in [-0.39, 0.29) is 18.6 Å². The van der Waals surface area contributed by atoms with Gasteiger partial charge in [-0.05, 0) is 38.0 Å². The SMILES string of the molecule is Cc1cnccc1CNC(=O)N(CC(=O)O)C(C)C. The first-order chi connectivity index (χ1) is 8.91. The Labute approximate surface area is 112 Å². The van der Waals surface area contributed by atoms with Crippen LogP contribution in [0, 0.1) is 6.92 Å². The molecule has 0 aliphatic carbocycles. The zero-order valence-corrected chi connectivity index (χ0v) is 11.4. The lowest BCUT2D eigenvalue weighted by Gasteiger charge is -2.25. The zero-order valence-electron chi connectivity index (χ0n) is 11.4. The average molecular weight is 265 g/mol. The molecule has 1 heterocycles. The average Bonchev–Trinajstić information content (AvgIpc) is 2.34. The Morgan fingerprint density at radius 3 is 2.68 bits per heavy atom. The van der Waals surface area contributed by atoms with E-state index < -0.39 is 5.97 Å². The minimum absolute atomic E-state index is 0.172. The number of carbonyl (C=O) groups excluding carboxylic acids is 1. The van der Waals surface area contributed by atoms with Crippen LogP contribution in [0.3, 0.4) is 0 Å². The highest BCUT2D eigenvalue weighted by molar-refractivity contribution is 5.80. The van der Waals surface area contributed by atoms with E-state index in [2.05, 4.69) is 10.3 Å². The standard InChI is InChI=1S/C13H19N3O3/c1-9(2)16(8-12(17)18)13(19)15-7-11-4-5-14-6-10(11)3/h4-6,9H,7-8H2,1-3H3,(H,15,19)(H,17,18). The highest BCUT2D eigenvalue weighted by atomic mass is 16.4. The number of aryl methyl sites for hydroxylation is 1. The highest BCUT2D eigenvalue weighted by Crippen LogP contribution is 2.05. The van der Waals surface area contributed by atoms with E-state index in [9.17, 15) is 9.59 Å². The fourth-order valence-corrected chi connectivity index (χ4v) is 1.61. The number of hydrogen-bond acceptors (Lipinski definition) is 3. The monoisotopic (exact) mass is 265 g/mol. The van der Waals surface area contributed by atoms with Crippen molar-refractivity contribution in [2.45, 2.75) is 33.4 Å². The van der Waals surface area contributed by atoms with Gasteiger partial charge >= 0.3 is 12.0 Å². The summed E-state index contributed by atoms with van der Waals surface area (Å²) in [5, 5.41) is 11.5. The number of urea groups is 1. The topological polar surface area (TPSA) is 82.5 Å². The second-order valence-corrected chi connectivity index (χ2v) is 4.58. The van der Waals surface area contributed by atoms with Gasteiger partial charge in [-0.25, -0.2) is 4.79 Å². The molecule has 1 rings (SSSR count). The number of aliphatic carboxylic acids is 1. The van der Waals surface area contributed by atoms with Gasteiger partial charge in [-0.3, -0.25) is 9.78 Å². The molecule has 0 unspecified atom stereocenters. The maximum atomic E-state index is 11.9. The van der Waals surface area contributed by atoms with Gasteiger partial charge in [-0.2, -0.15) is 0 Å². The van der Waals surface area contributed by atoms with E-state index in [1.165, 1.54) is 4.90 Å². The maximum Gasteiger partial charge on any atom is 0.323 e. The minimum Gasteiger partial charge on any atom is -0.480 e. The third-order valence-electron chi connectivity index (χ3n) is 2.76. The molecule has 6 heteroatoms. The number of carbonyl (C=O) groups is 2. The molecule has 6 nitrogen and oxygen atoms in total. The Hall–Kier alpha value is -2.11. The molecule has 2 N–H and O–H groups in total. The number of hydrogen-bond donors (Lipinski definition) is 2. The van der Waals surface area contributed by atoms with Crippen molar-refractivity contribution in [3.05, 3.63) is 29.6 Å². The van der Waals surface area contributed by atoms with Crippen molar-refractivity contribution >= 4 is 12.0 Å². The molecular weight excluding hydrogens is 246 g/mol. The first kappa shape index (κ1) is 14.9. The Morgan fingerprint density at radius 2 is 2.16 bits per heavy atom. The van der Waals surface area contributed by atoms with Crippen molar-refractivity contribution in [3.63, 3.8) is 0 Å². The molecule has 0 saturated heterocycles. The Kier molecular flexibility index (Phi) is 5.29. The van der Waals surface area contributed by atoms with Gasteiger partial charge in [0, 0.05) is 25.0 Å². The molecule has 2 amide bonds. The molecule has 0 radical (unpaired) electrons. The van der Waals surface area contributed by atoms with Crippen molar-refractivity contribution in [1.29, 1.82) is 0 Å². The van der Waals surface area contributed by atoms with Crippen LogP contribution in [0.4, 0.5) is 4.79 Å². The molecule has 0 aromatic carbocycles. The second kappa shape index (κ2) is 6.72. The van der Waals surface area contributed by atoms with Gasteiger partial charge in [0.1, 0.15) is 6.54 Å². The molecule has 0 saturated carbocycles. The summed E-state index contributed by atoms with van der Waals surface area (Å²) in [5.74, 6) is -1.02. The van der Waals surface area contributed by atoms with E-state index >= 15 is 0 Å². The van der Waals surface area contributed by atoms with Crippen LogP contribution >= 0.6 is 0 Å². The van der Waals surface area contributed by atoms with Crippen molar-refractivity contribution < 1.29 is 14.7 Å². The Balaban J connectivity index is 2.63. The van der Waals surface area contributed by atoms with Crippen LogP contribution in [-0.4, -0.2) is 39.6 Å². The number of aromatic nitrogens is 1. The van der Waals surface area contributed by atoms with Gasteiger partial charge in [0.15, 0.2) is 0 Å². The first-order valence-electron chi connectivity index (χ1n) is 6.07. The predicted octanol–water partition coefficient (Wildman–Crippen LogP) is 1.39. The van der Waals surface area contributed by atoms with Crippen molar-refractivity contribution in [2.75, 3.05) is 6.54 Å². The molecule has 1 aromatic heterocycles. The lowest BCUT2D eigenvalue weighted by Crippen LogP contribution is -2.46. The summed E-state index contributed by atoms with van der Waals surface area (Å²) in [5.41, 5.74) is 1.94. The minimum atomic E-state index is -1.02. The van der Waals surface area contributed by atoms with Gasteiger partial charge in [-0.1, -0.05) is 0 Å². The summed E-state index contributed by atoms with van der Waals surface area (Å²) < 4.78 is 0. The van der Waals surface area contributed by atoms with E-state index in [1.807, 2.05) is 13.0 Å². The van der Waals surface area contributed by atoms with Gasteiger partial charge in [0.25, 0.3) is 0 Å². The highest BCUT2D eigenvalue weighted by Gasteiger charge is 2.19. The quantitative estimate of drug-likeness (QED) is 0.843. The number of nitrogens with one attached hydrogen (secondary N) is 1. The number of rotatable bonds is 5. The van der Waals surface area contributed by atoms with Crippen LogP contribution in [-0.2, 0) is 11.3 Å². The molecule has 0 aliphatic heterocycles. The van der Waals surface area contributed by atoms with Crippen molar-refractivity contribution in [2.24, 2.45) is 0 Å². The largest absolute Gasteiger partial charge is 0.480 e.